The van der Waals surface area contributed by atoms with E-state index in [1.54, 1.807) is 11.0 Å². The van der Waals surface area contributed by atoms with E-state index in [2.05, 4.69) is 10.6 Å². The van der Waals surface area contributed by atoms with E-state index in [1.165, 1.54) is 18.0 Å². The fourth-order valence-electron chi connectivity index (χ4n) is 4.04. The molecule has 0 aromatic heterocycles. The van der Waals surface area contributed by atoms with Crippen LogP contribution in [0.25, 0.3) is 0 Å². The second-order valence-electron chi connectivity index (χ2n) is 7.54. The Morgan fingerprint density at radius 3 is 2.50 bits per heavy atom. The second kappa shape index (κ2) is 8.81. The summed E-state index contributed by atoms with van der Waals surface area (Å²) in [6, 6.07) is 3.98. The second-order valence-corrected chi connectivity index (χ2v) is 7.54. The molecule has 0 radical (unpaired) electrons. The number of nitrogens with one attached hydrogen (secondary N) is 2. The zero-order valence-corrected chi connectivity index (χ0v) is 16.6. The molecule has 1 aromatic carbocycles. The van der Waals surface area contributed by atoms with E-state index in [-0.39, 0.29) is 43.3 Å². The maximum absolute atomic E-state index is 13.3. The van der Waals surface area contributed by atoms with Crippen LogP contribution in [0.4, 0.5) is 23.7 Å². The van der Waals surface area contributed by atoms with Gasteiger partial charge in [-0.3, -0.25) is 4.79 Å². The zero-order chi connectivity index (χ0) is 21.9. The molecule has 0 spiro atoms. The average Bonchev–Trinajstić information content (AvgIpc) is 3.24. The molecule has 2 aliphatic rings. The molecule has 0 bridgehead atoms. The maximum Gasteiger partial charge on any atom is 0.417 e. The molecule has 3 amide bonds. The largest absolute Gasteiger partial charge is 0.417 e. The van der Waals surface area contributed by atoms with Gasteiger partial charge >= 0.3 is 12.2 Å². The smallest absolute Gasteiger partial charge is 0.367 e. The van der Waals surface area contributed by atoms with E-state index in [9.17, 15) is 22.8 Å². The third kappa shape index (κ3) is 4.61. The minimum atomic E-state index is -4.66. The summed E-state index contributed by atoms with van der Waals surface area (Å²) in [5, 5.41) is 14.5. The fraction of sp³-hybridized carbons (Fsp3) is 0.550. The summed E-state index contributed by atoms with van der Waals surface area (Å²) in [6.45, 7) is 0.522. The monoisotopic (exact) mass is 423 g/mol. The van der Waals surface area contributed by atoms with E-state index in [1.807, 2.05) is 0 Å². The number of urea groups is 1. The quantitative estimate of drug-likeness (QED) is 0.782. The molecule has 1 saturated carbocycles. The molecule has 1 atom stereocenters. The summed E-state index contributed by atoms with van der Waals surface area (Å²) in [5.74, 6) is -0.383. The Hall–Kier alpha value is -2.96. The van der Waals surface area contributed by atoms with Crippen LogP contribution in [-0.2, 0) is 11.0 Å². The molecule has 7 nitrogen and oxygen atoms in total. The van der Waals surface area contributed by atoms with Crippen molar-refractivity contribution in [2.75, 3.05) is 31.6 Å². The molecule has 1 aromatic rings. The van der Waals surface area contributed by atoms with Gasteiger partial charge in [-0.15, -0.1) is 0 Å². The molecule has 30 heavy (non-hydrogen) atoms. The van der Waals surface area contributed by atoms with Crippen molar-refractivity contribution in [2.45, 2.75) is 43.9 Å². The van der Waals surface area contributed by atoms with Gasteiger partial charge < -0.3 is 20.4 Å². The van der Waals surface area contributed by atoms with E-state index in [4.69, 9.17) is 5.26 Å². The summed E-state index contributed by atoms with van der Waals surface area (Å²) < 4.78 is 39.9. The number of alkyl halides is 3. The lowest BCUT2D eigenvalue weighted by atomic mass is 10.0. The Kier molecular flexibility index (Phi) is 6.39. The number of likely N-dealkylation sites (N-methyl/N-ethyl adjacent to an activating group) is 1. The summed E-state index contributed by atoms with van der Waals surface area (Å²) in [5.41, 5.74) is -1.21. The minimum absolute atomic E-state index is 0.0565. The van der Waals surface area contributed by atoms with Crippen LogP contribution in [-0.4, -0.2) is 55.6 Å². The number of nitrogens with zero attached hydrogens (tertiary/aromatic N) is 3. The van der Waals surface area contributed by atoms with Crippen molar-refractivity contribution >= 4 is 17.6 Å². The fourth-order valence-corrected chi connectivity index (χ4v) is 4.04. The molecule has 1 unspecified atom stereocenters. The van der Waals surface area contributed by atoms with Crippen molar-refractivity contribution in [3.05, 3.63) is 29.3 Å². The first kappa shape index (κ1) is 21.7. The van der Waals surface area contributed by atoms with Crippen LogP contribution in [0.3, 0.4) is 0 Å². The Balaban J connectivity index is 1.80. The molecular weight excluding hydrogens is 399 g/mol. The third-order valence-electron chi connectivity index (χ3n) is 5.67. The van der Waals surface area contributed by atoms with Crippen LogP contribution in [0.5, 0.6) is 0 Å². The Labute approximate surface area is 172 Å². The first-order valence-electron chi connectivity index (χ1n) is 9.89. The van der Waals surface area contributed by atoms with Crippen LogP contribution in [0.2, 0.25) is 0 Å². The highest BCUT2D eigenvalue weighted by atomic mass is 19.4. The number of hydrogen-bond acceptors (Lipinski definition) is 4. The zero-order valence-electron chi connectivity index (χ0n) is 16.6. The van der Waals surface area contributed by atoms with Gasteiger partial charge in [0, 0.05) is 38.4 Å². The number of halogens is 3. The lowest BCUT2D eigenvalue weighted by Gasteiger charge is -2.41. The van der Waals surface area contributed by atoms with Crippen LogP contribution in [0, 0.1) is 11.3 Å². The molecule has 2 N–H and O–H groups in total. The van der Waals surface area contributed by atoms with Gasteiger partial charge in [0.05, 0.1) is 17.2 Å². The van der Waals surface area contributed by atoms with Crippen molar-refractivity contribution in [1.29, 1.82) is 5.26 Å². The molecule has 1 heterocycles. The maximum atomic E-state index is 13.3. The molecular formula is C20H24F3N5O2. The van der Waals surface area contributed by atoms with Gasteiger partial charge in [0.15, 0.2) is 0 Å². The normalized spacial score (nSPS) is 20.0. The number of piperazine rings is 1. The number of hydrogen-bond donors (Lipinski definition) is 2. The van der Waals surface area contributed by atoms with Crippen LogP contribution >= 0.6 is 0 Å². The average molecular weight is 423 g/mol. The van der Waals surface area contributed by atoms with E-state index >= 15 is 0 Å². The van der Waals surface area contributed by atoms with Gasteiger partial charge in [-0.05, 0) is 31.0 Å². The third-order valence-corrected chi connectivity index (χ3v) is 5.67. The van der Waals surface area contributed by atoms with Gasteiger partial charge in [0.1, 0.15) is 6.04 Å². The number of benzene rings is 1. The van der Waals surface area contributed by atoms with Crippen molar-refractivity contribution in [3.63, 3.8) is 0 Å². The van der Waals surface area contributed by atoms with E-state index in [0.717, 1.165) is 37.8 Å². The molecule has 1 aliphatic heterocycles. The van der Waals surface area contributed by atoms with Gasteiger partial charge in [-0.1, -0.05) is 12.8 Å². The van der Waals surface area contributed by atoms with Crippen molar-refractivity contribution in [1.82, 2.24) is 15.5 Å². The first-order valence-corrected chi connectivity index (χ1v) is 9.89. The highest BCUT2D eigenvalue weighted by Gasteiger charge is 2.38. The van der Waals surface area contributed by atoms with Crippen molar-refractivity contribution in [3.8, 4) is 6.07 Å². The van der Waals surface area contributed by atoms with Crippen LogP contribution < -0.4 is 15.5 Å². The first-order chi connectivity index (χ1) is 14.2. The SMILES string of the molecule is CNC(=O)C1CN(c2ccc(C#N)c(C(F)(F)F)c2)CCN1C(=O)NC1CCCC1. The highest BCUT2D eigenvalue weighted by Crippen LogP contribution is 2.35. The topological polar surface area (TPSA) is 88.5 Å². The lowest BCUT2D eigenvalue weighted by Crippen LogP contribution is -2.62. The number of anilines is 1. The number of rotatable bonds is 3. The van der Waals surface area contributed by atoms with Gasteiger partial charge in [0.25, 0.3) is 0 Å². The lowest BCUT2D eigenvalue weighted by molar-refractivity contribution is -0.137. The van der Waals surface area contributed by atoms with Gasteiger partial charge in [-0.25, -0.2) is 4.79 Å². The predicted molar refractivity (Wildman–Crippen MR) is 104 cm³/mol. The van der Waals surface area contributed by atoms with Crippen molar-refractivity contribution in [2.24, 2.45) is 0 Å². The number of amides is 3. The summed E-state index contributed by atoms with van der Waals surface area (Å²) in [7, 11) is 1.46. The minimum Gasteiger partial charge on any atom is -0.367 e. The molecule has 162 valence electrons. The van der Waals surface area contributed by atoms with Crippen molar-refractivity contribution < 1.29 is 22.8 Å². The standard InChI is InChI=1S/C20H24F3N5O2/c1-25-18(29)17-12-27(8-9-28(17)19(30)26-14-4-2-3-5-14)15-7-6-13(11-24)16(10-15)20(21,22)23/h6-7,10,14,17H,2-5,8-9,12H2,1H3,(H,25,29)(H,26,30). The molecule has 10 heteroatoms. The molecule has 2 fully saturated rings. The highest BCUT2D eigenvalue weighted by molar-refractivity contribution is 5.88. The van der Waals surface area contributed by atoms with Crippen LogP contribution in [0.1, 0.15) is 36.8 Å². The van der Waals surface area contributed by atoms with Crippen LogP contribution in [0.15, 0.2) is 18.2 Å². The van der Waals surface area contributed by atoms with Gasteiger partial charge in [0.2, 0.25) is 5.91 Å². The Bertz CT molecular complexity index is 846. The molecule has 3 rings (SSSR count). The number of carbonyl (C=O) groups is 2. The van der Waals surface area contributed by atoms with E-state index < -0.39 is 23.3 Å². The Morgan fingerprint density at radius 1 is 1.20 bits per heavy atom. The summed E-state index contributed by atoms with van der Waals surface area (Å²) in [4.78, 5) is 28.2. The predicted octanol–water partition coefficient (Wildman–Crippen LogP) is 2.47. The Morgan fingerprint density at radius 2 is 1.90 bits per heavy atom. The molecule has 1 saturated heterocycles. The summed E-state index contributed by atoms with van der Waals surface area (Å²) in [6.07, 6.45) is -0.746. The van der Waals surface area contributed by atoms with Gasteiger partial charge in [-0.2, -0.15) is 18.4 Å². The number of carbonyl (C=O) groups excluding carboxylic acids is 2. The number of nitriles is 1. The summed E-state index contributed by atoms with van der Waals surface area (Å²) >= 11 is 0. The van der Waals surface area contributed by atoms with E-state index in [0.29, 0.717) is 0 Å². The molecule has 1 aliphatic carbocycles.